The van der Waals surface area contributed by atoms with Crippen molar-refractivity contribution in [2.24, 2.45) is 5.73 Å². The average Bonchev–Trinajstić information content (AvgIpc) is 2.61. The minimum atomic E-state index is -3.13. The Morgan fingerprint density at radius 1 is 1.60 bits per heavy atom. The van der Waals surface area contributed by atoms with E-state index < -0.39 is 21.1 Å². The Balaban J connectivity index is 2.99. The molecule has 1 heterocycles. The van der Waals surface area contributed by atoms with Crippen LogP contribution < -0.4 is 5.73 Å². The molecule has 0 spiro atoms. The van der Waals surface area contributed by atoms with Crippen LogP contribution in [0.2, 0.25) is 0 Å². The minimum Gasteiger partial charge on any atom is -0.334 e. The number of aromatic nitrogens is 2. The van der Waals surface area contributed by atoms with E-state index in [1.54, 1.807) is 19.3 Å². The summed E-state index contributed by atoms with van der Waals surface area (Å²) in [7, 11) is -3.13. The summed E-state index contributed by atoms with van der Waals surface area (Å²) >= 11 is 0. The van der Waals surface area contributed by atoms with E-state index in [1.807, 2.05) is 11.5 Å². The fourth-order valence-electron chi connectivity index (χ4n) is 1.36. The molecule has 0 saturated carbocycles. The smallest absolute Gasteiger partial charge is 0.152 e. The summed E-state index contributed by atoms with van der Waals surface area (Å²) in [6, 6.07) is -0.574. The van der Waals surface area contributed by atoms with Gasteiger partial charge in [0.15, 0.2) is 9.84 Å². The second-order valence-electron chi connectivity index (χ2n) is 3.63. The average molecular weight is 231 g/mol. The maximum absolute atomic E-state index is 11.4. The molecule has 0 saturated heterocycles. The number of nitrogens with zero attached hydrogens (tertiary/aromatic N) is 2. The van der Waals surface area contributed by atoms with Crippen molar-refractivity contribution in [3.05, 3.63) is 18.2 Å². The molecule has 5 nitrogen and oxygen atoms in total. The van der Waals surface area contributed by atoms with Crippen molar-refractivity contribution in [2.75, 3.05) is 6.26 Å². The van der Waals surface area contributed by atoms with Crippen LogP contribution >= 0.6 is 0 Å². The maximum Gasteiger partial charge on any atom is 0.152 e. The number of hydrogen-bond acceptors (Lipinski definition) is 4. The van der Waals surface area contributed by atoms with E-state index in [0.717, 1.165) is 6.54 Å². The van der Waals surface area contributed by atoms with Gasteiger partial charge in [0.2, 0.25) is 0 Å². The van der Waals surface area contributed by atoms with Crippen LogP contribution in [-0.4, -0.2) is 29.5 Å². The van der Waals surface area contributed by atoms with Gasteiger partial charge in [0.1, 0.15) is 5.82 Å². The molecule has 1 rings (SSSR count). The third kappa shape index (κ3) is 2.57. The lowest BCUT2D eigenvalue weighted by molar-refractivity contribution is 0.546. The largest absolute Gasteiger partial charge is 0.334 e. The van der Waals surface area contributed by atoms with E-state index in [4.69, 9.17) is 5.73 Å². The Labute approximate surface area is 90.2 Å². The highest BCUT2D eigenvalue weighted by Crippen LogP contribution is 2.17. The quantitative estimate of drug-likeness (QED) is 0.810. The zero-order chi connectivity index (χ0) is 11.6. The van der Waals surface area contributed by atoms with Crippen molar-refractivity contribution in [3.63, 3.8) is 0 Å². The van der Waals surface area contributed by atoms with E-state index >= 15 is 0 Å². The molecule has 2 unspecified atom stereocenters. The topological polar surface area (TPSA) is 78.0 Å². The fourth-order valence-corrected chi connectivity index (χ4v) is 2.02. The summed E-state index contributed by atoms with van der Waals surface area (Å²) in [4.78, 5) is 4.10. The van der Waals surface area contributed by atoms with E-state index in [-0.39, 0.29) is 0 Å². The molecule has 0 bridgehead atoms. The zero-order valence-electron chi connectivity index (χ0n) is 9.21. The van der Waals surface area contributed by atoms with E-state index in [2.05, 4.69) is 4.98 Å². The van der Waals surface area contributed by atoms with E-state index in [9.17, 15) is 8.42 Å². The number of sulfone groups is 1. The van der Waals surface area contributed by atoms with Crippen LogP contribution in [0.5, 0.6) is 0 Å². The van der Waals surface area contributed by atoms with Gasteiger partial charge < -0.3 is 10.3 Å². The highest BCUT2D eigenvalue weighted by Gasteiger charge is 2.26. The van der Waals surface area contributed by atoms with Crippen LogP contribution in [0, 0.1) is 0 Å². The minimum absolute atomic E-state index is 0.574. The predicted molar refractivity (Wildman–Crippen MR) is 59.1 cm³/mol. The predicted octanol–water partition coefficient (Wildman–Crippen LogP) is 0.336. The van der Waals surface area contributed by atoms with Crippen LogP contribution in [0.4, 0.5) is 0 Å². The third-order valence-electron chi connectivity index (χ3n) is 2.57. The normalized spacial score (nSPS) is 16.3. The van der Waals surface area contributed by atoms with Crippen molar-refractivity contribution in [2.45, 2.75) is 31.7 Å². The van der Waals surface area contributed by atoms with Crippen molar-refractivity contribution >= 4 is 9.84 Å². The molecule has 86 valence electrons. The molecule has 1 aromatic heterocycles. The summed E-state index contributed by atoms with van der Waals surface area (Å²) in [6.45, 7) is 4.30. The lowest BCUT2D eigenvalue weighted by atomic mass is 10.2. The molecule has 0 aliphatic rings. The van der Waals surface area contributed by atoms with Crippen molar-refractivity contribution in [1.82, 2.24) is 9.55 Å². The number of hydrogen-bond donors (Lipinski definition) is 1. The summed E-state index contributed by atoms with van der Waals surface area (Å²) < 4.78 is 24.6. The second kappa shape index (κ2) is 4.32. The second-order valence-corrected chi connectivity index (χ2v) is 6.03. The Morgan fingerprint density at radius 2 is 2.20 bits per heavy atom. The van der Waals surface area contributed by atoms with Gasteiger partial charge >= 0.3 is 0 Å². The lowest BCUT2D eigenvalue weighted by Crippen LogP contribution is -2.32. The molecule has 0 fully saturated rings. The van der Waals surface area contributed by atoms with Gasteiger partial charge in [0.25, 0.3) is 0 Å². The van der Waals surface area contributed by atoms with Gasteiger partial charge in [0.05, 0.1) is 11.3 Å². The summed E-state index contributed by atoms with van der Waals surface area (Å²) in [5.41, 5.74) is 5.88. The molecular weight excluding hydrogens is 214 g/mol. The monoisotopic (exact) mass is 231 g/mol. The van der Waals surface area contributed by atoms with Crippen LogP contribution in [-0.2, 0) is 16.4 Å². The van der Waals surface area contributed by atoms with Crippen LogP contribution in [0.3, 0.4) is 0 Å². The van der Waals surface area contributed by atoms with Crippen molar-refractivity contribution in [3.8, 4) is 0 Å². The van der Waals surface area contributed by atoms with Crippen molar-refractivity contribution in [1.29, 1.82) is 0 Å². The lowest BCUT2D eigenvalue weighted by Gasteiger charge is -2.18. The summed E-state index contributed by atoms with van der Waals surface area (Å²) in [6.07, 6.45) is 4.62. The molecule has 15 heavy (non-hydrogen) atoms. The standard InChI is InChI=1S/C9H17N3O2S/c1-4-12-6-5-11-9(12)8(10)7(2)15(3,13)14/h5-8H,4,10H2,1-3H3. The summed E-state index contributed by atoms with van der Waals surface area (Å²) in [5.74, 6) is 0.621. The Hall–Kier alpha value is -0.880. The number of imidazole rings is 1. The fraction of sp³-hybridized carbons (Fsp3) is 0.667. The van der Waals surface area contributed by atoms with E-state index in [0.29, 0.717) is 5.82 Å². The first-order valence-corrected chi connectivity index (χ1v) is 6.78. The summed E-state index contributed by atoms with van der Waals surface area (Å²) in [5, 5.41) is -0.620. The first-order valence-electron chi connectivity index (χ1n) is 4.83. The molecule has 0 amide bonds. The third-order valence-corrected chi connectivity index (χ3v) is 4.21. The maximum atomic E-state index is 11.4. The van der Waals surface area contributed by atoms with Gasteiger partial charge in [-0.1, -0.05) is 0 Å². The first kappa shape index (κ1) is 12.2. The molecule has 2 atom stereocenters. The zero-order valence-corrected chi connectivity index (χ0v) is 10.0. The molecule has 1 aromatic rings. The molecule has 0 aromatic carbocycles. The highest BCUT2D eigenvalue weighted by molar-refractivity contribution is 7.91. The van der Waals surface area contributed by atoms with Gasteiger partial charge in [-0.25, -0.2) is 13.4 Å². The van der Waals surface area contributed by atoms with Gasteiger partial charge in [-0.15, -0.1) is 0 Å². The Bertz CT molecular complexity index is 424. The Morgan fingerprint density at radius 3 is 2.67 bits per heavy atom. The van der Waals surface area contributed by atoms with Gasteiger partial charge in [-0.3, -0.25) is 0 Å². The molecule has 0 aliphatic heterocycles. The number of nitrogens with two attached hydrogens (primary N) is 1. The van der Waals surface area contributed by atoms with Crippen LogP contribution in [0.15, 0.2) is 12.4 Å². The highest BCUT2D eigenvalue weighted by atomic mass is 32.2. The number of aryl methyl sites for hydroxylation is 1. The Kier molecular flexibility index (Phi) is 3.51. The van der Waals surface area contributed by atoms with Crippen LogP contribution in [0.1, 0.15) is 25.7 Å². The first-order chi connectivity index (χ1) is 6.88. The van der Waals surface area contributed by atoms with Gasteiger partial charge in [0, 0.05) is 25.2 Å². The van der Waals surface area contributed by atoms with E-state index in [1.165, 1.54) is 6.26 Å². The molecule has 0 radical (unpaired) electrons. The molecular formula is C9H17N3O2S. The van der Waals surface area contributed by atoms with Crippen molar-refractivity contribution < 1.29 is 8.42 Å². The number of rotatable bonds is 4. The molecule has 2 N–H and O–H groups in total. The molecule has 6 heteroatoms. The molecule has 0 aliphatic carbocycles. The van der Waals surface area contributed by atoms with Gasteiger partial charge in [-0.05, 0) is 13.8 Å². The van der Waals surface area contributed by atoms with Crippen LogP contribution in [0.25, 0.3) is 0 Å². The van der Waals surface area contributed by atoms with Gasteiger partial charge in [-0.2, -0.15) is 0 Å². The SMILES string of the molecule is CCn1ccnc1C(N)C(C)S(C)(=O)=O.